The van der Waals surface area contributed by atoms with Crippen LogP contribution in [0.2, 0.25) is 0 Å². The van der Waals surface area contributed by atoms with Crippen LogP contribution in [0.1, 0.15) is 12.8 Å². The van der Waals surface area contributed by atoms with E-state index >= 15 is 0 Å². The summed E-state index contributed by atoms with van der Waals surface area (Å²) in [7, 11) is 2.21. The first-order valence-corrected chi connectivity index (χ1v) is 24.0. The van der Waals surface area contributed by atoms with Crippen molar-refractivity contribution in [1.29, 1.82) is 0 Å². The number of likely N-dealkylation sites (N-methyl/N-ethyl adjacent to an activating group) is 1. The molecule has 0 fully saturated rings. The summed E-state index contributed by atoms with van der Waals surface area (Å²) in [5, 5.41) is 13.5. The third kappa shape index (κ3) is 6.08. The maximum Gasteiger partial charge on any atom is 0.0697 e. The van der Waals surface area contributed by atoms with Crippen LogP contribution in [0.3, 0.4) is 0 Å². The first-order valence-electron chi connectivity index (χ1n) is 24.0. The van der Waals surface area contributed by atoms with E-state index in [1.54, 1.807) is 0 Å². The summed E-state index contributed by atoms with van der Waals surface area (Å²) in [4.78, 5) is 7.33. The highest BCUT2D eigenvalue weighted by Gasteiger charge is 2.31. The number of nitrogens with zero attached hydrogens (tertiary/aromatic N) is 3. The Balaban J connectivity index is 1.13. The maximum atomic E-state index is 3.73. The lowest BCUT2D eigenvalue weighted by atomic mass is 9.82. The van der Waals surface area contributed by atoms with E-state index in [4.69, 9.17) is 0 Å². The Hall–Kier alpha value is -8.86. The number of anilines is 8. The van der Waals surface area contributed by atoms with Crippen LogP contribution in [0.25, 0.3) is 76.5 Å². The molecule has 1 N–H and O–H groups in total. The van der Waals surface area contributed by atoms with Gasteiger partial charge < -0.3 is 20.0 Å². The van der Waals surface area contributed by atoms with Gasteiger partial charge in [-0.3, -0.25) is 0 Å². The summed E-state index contributed by atoms with van der Waals surface area (Å²) in [6.45, 7) is 0. The predicted molar refractivity (Wildman–Crippen MR) is 293 cm³/mol. The smallest absolute Gasteiger partial charge is 0.0697 e. The van der Waals surface area contributed by atoms with Crippen molar-refractivity contribution >= 4 is 88.6 Å². The number of nitrogens with one attached hydrogen (secondary N) is 1. The molecule has 0 spiro atoms. The summed E-state index contributed by atoms with van der Waals surface area (Å²) in [5.41, 5.74) is 19.0. The molecule has 0 saturated carbocycles. The molecule has 11 aromatic carbocycles. The third-order valence-electron chi connectivity index (χ3n) is 14.7. The molecule has 3 aliphatic rings. The molecular formula is C65H46N4. The molecule has 69 heavy (non-hydrogen) atoms. The van der Waals surface area contributed by atoms with Gasteiger partial charge in [0.25, 0.3) is 0 Å². The molecule has 0 amide bonds. The highest BCUT2D eigenvalue weighted by Crippen LogP contribution is 2.54. The van der Waals surface area contributed by atoms with E-state index in [2.05, 4.69) is 258 Å². The number of benzene rings is 11. The first-order chi connectivity index (χ1) is 34.2. The van der Waals surface area contributed by atoms with Crippen LogP contribution >= 0.6 is 0 Å². The van der Waals surface area contributed by atoms with Crippen LogP contribution in [0.5, 0.6) is 0 Å². The minimum Gasteiger partial charge on any atom is -0.352 e. The largest absolute Gasteiger partial charge is 0.352 e. The van der Waals surface area contributed by atoms with E-state index in [-0.39, 0.29) is 0 Å². The van der Waals surface area contributed by atoms with Crippen molar-refractivity contribution in [2.24, 2.45) is 0 Å². The number of allylic oxidation sites excluding steroid dienone is 3. The Morgan fingerprint density at radius 2 is 0.928 bits per heavy atom. The van der Waals surface area contributed by atoms with Crippen molar-refractivity contribution in [1.82, 2.24) is 0 Å². The van der Waals surface area contributed by atoms with Crippen molar-refractivity contribution in [2.45, 2.75) is 12.8 Å². The van der Waals surface area contributed by atoms with E-state index in [9.17, 15) is 0 Å². The van der Waals surface area contributed by atoms with Crippen molar-refractivity contribution in [3.05, 3.63) is 242 Å². The summed E-state index contributed by atoms with van der Waals surface area (Å²) in [5.74, 6) is 0. The van der Waals surface area contributed by atoms with Crippen molar-refractivity contribution in [3.63, 3.8) is 0 Å². The average molecular weight is 883 g/mol. The van der Waals surface area contributed by atoms with Gasteiger partial charge in [0.2, 0.25) is 0 Å². The van der Waals surface area contributed by atoms with Crippen molar-refractivity contribution < 1.29 is 0 Å². The molecule has 4 nitrogen and oxygen atoms in total. The number of hydrogen-bond acceptors (Lipinski definition) is 4. The van der Waals surface area contributed by atoms with Crippen molar-refractivity contribution in [3.8, 4) is 33.4 Å². The molecule has 326 valence electrons. The zero-order chi connectivity index (χ0) is 45.6. The lowest BCUT2D eigenvalue weighted by Crippen LogP contribution is -2.32. The molecule has 4 heteroatoms. The van der Waals surface area contributed by atoms with Crippen LogP contribution in [-0.4, -0.2) is 7.05 Å². The molecule has 0 atom stereocenters. The highest BCUT2D eigenvalue weighted by molar-refractivity contribution is 6.27. The fraction of sp³-hybridized carbons (Fsp3) is 0.0462. The van der Waals surface area contributed by atoms with Gasteiger partial charge in [-0.25, -0.2) is 0 Å². The molecule has 0 aromatic heterocycles. The van der Waals surface area contributed by atoms with E-state index in [1.165, 1.54) is 99.2 Å². The molecule has 0 radical (unpaired) electrons. The summed E-state index contributed by atoms with van der Waals surface area (Å²) < 4.78 is 0. The minimum absolute atomic E-state index is 0.959. The Morgan fingerprint density at radius 1 is 0.391 bits per heavy atom. The topological polar surface area (TPSA) is 21.8 Å². The second-order valence-electron chi connectivity index (χ2n) is 18.5. The number of hydrogen-bond donors (Lipinski definition) is 1. The molecule has 0 unspecified atom stereocenters. The quantitative estimate of drug-likeness (QED) is 0.174. The Kier molecular flexibility index (Phi) is 8.90. The number of para-hydroxylation sites is 6. The van der Waals surface area contributed by atoms with Gasteiger partial charge in [0.1, 0.15) is 0 Å². The standard InChI is InChI=1S/C65H46N4/c1-67-60-30-13-15-32-62(60)69(63-33-16-14-31-61(63)67)45-35-37-52-55(41-45)65(51-39-38-47(42-18-3-2-4-19-42)48-23-7-8-24-49(48)51)53-36-34-44(40-54(53)64(52)50-25-17-21-43-20-5-6-22-46(43)50)68-58-28-11-9-26-56(58)66-57-27-10-12-29-59(57)68/h2-15,17-32,34-41,66H,16,33H2,1H3. The molecule has 11 aromatic rings. The van der Waals surface area contributed by atoms with Gasteiger partial charge in [0, 0.05) is 24.1 Å². The molecule has 0 saturated heterocycles. The van der Waals surface area contributed by atoms with Gasteiger partial charge in [-0.2, -0.15) is 0 Å². The third-order valence-corrected chi connectivity index (χ3v) is 14.7. The summed E-state index contributed by atoms with van der Waals surface area (Å²) >= 11 is 0. The second kappa shape index (κ2) is 15.6. The molecule has 2 aliphatic heterocycles. The zero-order valence-corrected chi connectivity index (χ0v) is 38.2. The lowest BCUT2D eigenvalue weighted by Gasteiger charge is -2.41. The SMILES string of the molecule is CN1C2=C(CCC=C2)N(c2ccc3c(-c4cccc5ccccc45)c4cc(N5c6ccccc6Nc6ccccc65)ccc4c(-c4ccc(-c5ccccc5)c5ccccc45)c3c2)c2ccccc21. The van der Waals surface area contributed by atoms with E-state index in [0.717, 1.165) is 47.0 Å². The molecule has 0 bridgehead atoms. The van der Waals surface area contributed by atoms with Gasteiger partial charge in [-0.1, -0.05) is 164 Å². The van der Waals surface area contributed by atoms with Gasteiger partial charge in [0.05, 0.1) is 39.8 Å². The first kappa shape index (κ1) is 39.3. The molecule has 14 rings (SSSR count). The fourth-order valence-electron chi connectivity index (χ4n) is 11.7. The molecular weight excluding hydrogens is 837 g/mol. The van der Waals surface area contributed by atoms with Gasteiger partial charge in [0.15, 0.2) is 0 Å². The Bertz CT molecular complexity index is 3930. The normalized spacial score (nSPS) is 14.0. The van der Waals surface area contributed by atoms with Crippen LogP contribution in [0.4, 0.5) is 45.5 Å². The Labute approximate surface area is 401 Å². The predicted octanol–water partition coefficient (Wildman–Crippen LogP) is 18.0. The minimum atomic E-state index is 0.959. The average Bonchev–Trinajstić information content (AvgIpc) is 3.41. The maximum absolute atomic E-state index is 3.73. The zero-order valence-electron chi connectivity index (χ0n) is 38.2. The van der Waals surface area contributed by atoms with E-state index in [1.807, 2.05) is 0 Å². The highest BCUT2D eigenvalue weighted by atomic mass is 15.3. The van der Waals surface area contributed by atoms with Crippen LogP contribution in [0.15, 0.2) is 242 Å². The summed E-state index contributed by atoms with van der Waals surface area (Å²) in [6, 6.07) is 80.9. The van der Waals surface area contributed by atoms with Gasteiger partial charge >= 0.3 is 0 Å². The molecule has 2 heterocycles. The number of fused-ring (bicyclic) bond motifs is 7. The fourth-order valence-corrected chi connectivity index (χ4v) is 11.7. The van der Waals surface area contributed by atoms with Crippen molar-refractivity contribution in [2.75, 3.05) is 27.1 Å². The van der Waals surface area contributed by atoms with Crippen LogP contribution in [0, 0.1) is 0 Å². The monoisotopic (exact) mass is 882 g/mol. The van der Waals surface area contributed by atoms with E-state index < -0.39 is 0 Å². The Morgan fingerprint density at radius 3 is 1.64 bits per heavy atom. The van der Waals surface area contributed by atoms with Crippen LogP contribution in [-0.2, 0) is 0 Å². The summed E-state index contributed by atoms with van der Waals surface area (Å²) in [6.07, 6.45) is 6.59. The lowest BCUT2D eigenvalue weighted by molar-refractivity contribution is 0.858. The second-order valence-corrected chi connectivity index (χ2v) is 18.5. The number of rotatable bonds is 5. The van der Waals surface area contributed by atoms with Gasteiger partial charge in [-0.05, 0) is 156 Å². The van der Waals surface area contributed by atoms with Crippen LogP contribution < -0.4 is 20.0 Å². The van der Waals surface area contributed by atoms with E-state index in [0.29, 0.717) is 0 Å². The van der Waals surface area contributed by atoms with Gasteiger partial charge in [-0.15, -0.1) is 0 Å². The molecule has 1 aliphatic carbocycles.